The van der Waals surface area contributed by atoms with Gasteiger partial charge in [0.1, 0.15) is 0 Å². The lowest BCUT2D eigenvalue weighted by Gasteiger charge is -2.34. The maximum Gasteiger partial charge on any atom is 0.233 e. The van der Waals surface area contributed by atoms with Gasteiger partial charge in [-0.25, -0.2) is 8.42 Å². The van der Waals surface area contributed by atoms with Crippen LogP contribution in [0.5, 0.6) is 0 Å². The summed E-state index contributed by atoms with van der Waals surface area (Å²) in [5, 5.41) is 1.21. The first-order valence-electron chi connectivity index (χ1n) is 8.89. The van der Waals surface area contributed by atoms with Crippen molar-refractivity contribution in [1.82, 2.24) is 4.90 Å². The molecular weight excluding hydrogens is 413 g/mol. The van der Waals surface area contributed by atoms with Crippen LogP contribution in [-0.2, 0) is 20.4 Å². The number of hydrogen-bond acceptors (Lipinski definition) is 4. The molecule has 1 unspecified atom stereocenters. The lowest BCUT2D eigenvalue weighted by molar-refractivity contribution is -0.132. The van der Waals surface area contributed by atoms with Crippen LogP contribution in [-0.4, -0.2) is 48.6 Å². The minimum absolute atomic E-state index is 0.0344. The standard InChI is InChI=1S/C18H23Cl2NO3S2/c19-16-6-3-7-17(20)15(16)10-25-11-18(22)21(13-4-1-2-5-13)14-8-9-26(23,24)12-14/h3,6-7,13-14H,1-2,4-5,8-12H2. The summed E-state index contributed by atoms with van der Waals surface area (Å²) in [6.45, 7) is 0. The Morgan fingerprint density at radius 1 is 1.12 bits per heavy atom. The van der Waals surface area contributed by atoms with Crippen molar-refractivity contribution in [3.8, 4) is 0 Å². The number of benzene rings is 1. The SMILES string of the molecule is O=C(CSCc1c(Cl)cccc1Cl)N(C1CCCC1)C1CCS(=O)(=O)C1. The Bertz CT molecular complexity index is 743. The van der Waals surface area contributed by atoms with E-state index in [0.717, 1.165) is 31.2 Å². The number of sulfone groups is 1. The van der Waals surface area contributed by atoms with E-state index in [1.807, 2.05) is 4.90 Å². The van der Waals surface area contributed by atoms with E-state index in [0.29, 0.717) is 28.0 Å². The summed E-state index contributed by atoms with van der Waals surface area (Å²) in [6.07, 6.45) is 4.73. The zero-order valence-electron chi connectivity index (χ0n) is 14.5. The predicted octanol–water partition coefficient (Wildman–Crippen LogP) is 4.18. The summed E-state index contributed by atoms with van der Waals surface area (Å²) in [4.78, 5) is 14.8. The van der Waals surface area contributed by atoms with Crippen molar-refractivity contribution in [3.05, 3.63) is 33.8 Å². The van der Waals surface area contributed by atoms with E-state index >= 15 is 0 Å². The number of carbonyl (C=O) groups excluding carboxylic acids is 1. The largest absolute Gasteiger partial charge is 0.335 e. The average molecular weight is 436 g/mol. The molecule has 2 fully saturated rings. The van der Waals surface area contributed by atoms with E-state index in [-0.39, 0.29) is 29.5 Å². The van der Waals surface area contributed by atoms with Crippen molar-refractivity contribution in [3.63, 3.8) is 0 Å². The minimum atomic E-state index is -3.01. The molecule has 1 aromatic rings. The van der Waals surface area contributed by atoms with Crippen molar-refractivity contribution in [1.29, 1.82) is 0 Å². The van der Waals surface area contributed by atoms with Crippen LogP contribution in [0.2, 0.25) is 10.0 Å². The van der Waals surface area contributed by atoms with Crippen molar-refractivity contribution < 1.29 is 13.2 Å². The zero-order chi connectivity index (χ0) is 18.7. The minimum Gasteiger partial charge on any atom is -0.335 e. The molecule has 0 bridgehead atoms. The van der Waals surface area contributed by atoms with Gasteiger partial charge < -0.3 is 4.90 Å². The fourth-order valence-corrected chi connectivity index (χ4v) is 7.21. The highest BCUT2D eigenvalue weighted by Crippen LogP contribution is 2.31. The van der Waals surface area contributed by atoms with Crippen LogP contribution in [0.3, 0.4) is 0 Å². The molecule has 0 radical (unpaired) electrons. The molecule has 1 amide bonds. The third-order valence-corrected chi connectivity index (χ3v) is 8.54. The van der Waals surface area contributed by atoms with Crippen LogP contribution in [0.4, 0.5) is 0 Å². The van der Waals surface area contributed by atoms with Crippen LogP contribution >= 0.6 is 35.0 Å². The molecule has 1 aliphatic heterocycles. The van der Waals surface area contributed by atoms with Crippen molar-refractivity contribution in [2.24, 2.45) is 0 Å². The summed E-state index contributed by atoms with van der Waals surface area (Å²) >= 11 is 13.9. The fourth-order valence-electron chi connectivity index (χ4n) is 3.87. The van der Waals surface area contributed by atoms with Crippen LogP contribution in [0.15, 0.2) is 18.2 Å². The lowest BCUT2D eigenvalue weighted by atomic mass is 10.1. The molecule has 0 N–H and O–H groups in total. The van der Waals surface area contributed by atoms with Gasteiger partial charge >= 0.3 is 0 Å². The maximum absolute atomic E-state index is 12.9. The number of amides is 1. The first kappa shape index (κ1) is 20.3. The Kier molecular flexibility index (Phi) is 6.81. The molecular formula is C18H23Cl2NO3S2. The molecule has 2 aliphatic rings. The van der Waals surface area contributed by atoms with Crippen LogP contribution in [0.1, 0.15) is 37.7 Å². The van der Waals surface area contributed by atoms with E-state index in [4.69, 9.17) is 23.2 Å². The zero-order valence-corrected chi connectivity index (χ0v) is 17.6. The molecule has 1 aliphatic carbocycles. The molecule has 26 heavy (non-hydrogen) atoms. The number of rotatable bonds is 6. The first-order valence-corrected chi connectivity index (χ1v) is 12.6. The second-order valence-electron chi connectivity index (χ2n) is 6.99. The molecule has 1 atom stereocenters. The summed E-state index contributed by atoms with van der Waals surface area (Å²) in [7, 11) is -3.01. The van der Waals surface area contributed by atoms with Gasteiger partial charge in [-0.2, -0.15) is 0 Å². The molecule has 3 rings (SSSR count). The second kappa shape index (κ2) is 8.72. The van der Waals surface area contributed by atoms with E-state index in [1.54, 1.807) is 18.2 Å². The molecule has 1 saturated carbocycles. The van der Waals surface area contributed by atoms with Crippen molar-refractivity contribution in [2.75, 3.05) is 17.3 Å². The summed E-state index contributed by atoms with van der Waals surface area (Å²) in [5.41, 5.74) is 0.837. The van der Waals surface area contributed by atoms with Crippen molar-refractivity contribution >= 4 is 50.7 Å². The first-order chi connectivity index (χ1) is 12.4. The second-order valence-corrected chi connectivity index (χ2v) is 11.0. The lowest BCUT2D eigenvalue weighted by Crippen LogP contribution is -2.47. The van der Waals surface area contributed by atoms with Crippen LogP contribution in [0, 0.1) is 0 Å². The topological polar surface area (TPSA) is 54.5 Å². The Morgan fingerprint density at radius 3 is 2.35 bits per heavy atom. The Balaban J connectivity index is 1.64. The van der Waals surface area contributed by atoms with Gasteiger partial charge in [0.15, 0.2) is 9.84 Å². The molecule has 0 spiro atoms. The highest BCUT2D eigenvalue weighted by atomic mass is 35.5. The van der Waals surface area contributed by atoms with Gasteiger partial charge in [-0.1, -0.05) is 42.1 Å². The normalized spacial score (nSPS) is 22.6. The Hall–Kier alpha value is -0.430. The van der Waals surface area contributed by atoms with E-state index in [1.165, 1.54) is 11.8 Å². The summed E-state index contributed by atoms with van der Waals surface area (Å²) in [6, 6.07) is 5.40. The Labute approximate surface area is 169 Å². The smallest absolute Gasteiger partial charge is 0.233 e. The highest BCUT2D eigenvalue weighted by Gasteiger charge is 2.38. The number of thioether (sulfide) groups is 1. The quantitative estimate of drug-likeness (QED) is 0.671. The molecule has 144 valence electrons. The molecule has 1 heterocycles. The van der Waals surface area contributed by atoms with Crippen molar-refractivity contribution in [2.45, 2.75) is 49.9 Å². The van der Waals surface area contributed by atoms with Crippen LogP contribution < -0.4 is 0 Å². The third-order valence-electron chi connectivity index (χ3n) is 5.14. The van der Waals surface area contributed by atoms with Gasteiger partial charge in [0.25, 0.3) is 0 Å². The predicted molar refractivity (Wildman–Crippen MR) is 109 cm³/mol. The van der Waals surface area contributed by atoms with Gasteiger partial charge in [-0.05, 0) is 37.0 Å². The number of halogens is 2. The molecule has 0 aromatic heterocycles. The number of hydrogen-bond donors (Lipinski definition) is 0. The number of nitrogens with zero attached hydrogens (tertiary/aromatic N) is 1. The van der Waals surface area contributed by atoms with E-state index in [2.05, 4.69) is 0 Å². The van der Waals surface area contributed by atoms with Gasteiger partial charge in [0, 0.05) is 27.9 Å². The van der Waals surface area contributed by atoms with Crippen LogP contribution in [0.25, 0.3) is 0 Å². The third kappa shape index (κ3) is 4.89. The molecule has 1 saturated heterocycles. The summed E-state index contributed by atoms with van der Waals surface area (Å²) < 4.78 is 23.8. The van der Waals surface area contributed by atoms with E-state index < -0.39 is 9.84 Å². The van der Waals surface area contributed by atoms with Gasteiger partial charge in [0.05, 0.1) is 17.3 Å². The van der Waals surface area contributed by atoms with E-state index in [9.17, 15) is 13.2 Å². The average Bonchev–Trinajstić information content (AvgIpc) is 3.21. The Morgan fingerprint density at radius 2 is 1.77 bits per heavy atom. The van der Waals surface area contributed by atoms with Gasteiger partial charge in [0.2, 0.25) is 5.91 Å². The van der Waals surface area contributed by atoms with Gasteiger partial charge in [-0.15, -0.1) is 11.8 Å². The monoisotopic (exact) mass is 435 g/mol. The maximum atomic E-state index is 12.9. The molecule has 1 aromatic carbocycles. The molecule has 8 heteroatoms. The fraction of sp³-hybridized carbons (Fsp3) is 0.611. The number of carbonyl (C=O) groups is 1. The van der Waals surface area contributed by atoms with Gasteiger partial charge in [-0.3, -0.25) is 4.79 Å². The highest BCUT2D eigenvalue weighted by molar-refractivity contribution is 7.99. The summed E-state index contributed by atoms with van der Waals surface area (Å²) in [5.74, 6) is 1.21. The molecule has 4 nitrogen and oxygen atoms in total.